The van der Waals surface area contributed by atoms with Crippen LogP contribution in [0, 0.1) is 0 Å². The highest BCUT2D eigenvalue weighted by Gasteiger charge is 2.21. The van der Waals surface area contributed by atoms with Crippen LogP contribution in [0.3, 0.4) is 0 Å². The van der Waals surface area contributed by atoms with Gasteiger partial charge in [0.2, 0.25) is 5.91 Å². The summed E-state index contributed by atoms with van der Waals surface area (Å²) in [5.41, 5.74) is -0.546. The lowest BCUT2D eigenvalue weighted by Gasteiger charge is -2.21. The van der Waals surface area contributed by atoms with Gasteiger partial charge in [-0.3, -0.25) is 4.79 Å². The Morgan fingerprint density at radius 3 is 2.44 bits per heavy atom. The minimum atomic E-state index is -1.43. The molecular weight excluding hydrogens is 214 g/mol. The number of methoxy groups -OCH3 is 1. The minimum Gasteiger partial charge on any atom is -0.479 e. The van der Waals surface area contributed by atoms with Crippen LogP contribution < -0.4 is 5.32 Å². The van der Waals surface area contributed by atoms with E-state index in [1.807, 2.05) is 0 Å². The molecule has 0 aliphatic rings. The molecule has 1 amide bonds. The third-order valence-electron chi connectivity index (χ3n) is 2.16. The van der Waals surface area contributed by atoms with Crippen LogP contribution in [0.1, 0.15) is 26.7 Å². The first-order valence-corrected chi connectivity index (χ1v) is 5.01. The number of carboxylic acid groups (broad SMARTS) is 1. The Bertz CT molecular complexity index is 252. The van der Waals surface area contributed by atoms with E-state index in [2.05, 4.69) is 5.32 Å². The van der Waals surface area contributed by atoms with Gasteiger partial charge in [0.15, 0.2) is 6.10 Å². The predicted molar refractivity (Wildman–Crippen MR) is 57.0 cm³/mol. The molecule has 1 atom stereocenters. The van der Waals surface area contributed by atoms with Gasteiger partial charge in [-0.25, -0.2) is 4.79 Å². The second kappa shape index (κ2) is 6.44. The highest BCUT2D eigenvalue weighted by molar-refractivity contribution is 5.77. The van der Waals surface area contributed by atoms with E-state index in [-0.39, 0.29) is 25.3 Å². The molecule has 0 rings (SSSR count). The van der Waals surface area contributed by atoms with Crippen molar-refractivity contribution < 1.29 is 24.5 Å². The van der Waals surface area contributed by atoms with Crippen LogP contribution in [-0.4, -0.2) is 47.4 Å². The van der Waals surface area contributed by atoms with E-state index in [0.29, 0.717) is 0 Å². The first-order chi connectivity index (χ1) is 7.28. The van der Waals surface area contributed by atoms with E-state index in [0.717, 1.165) is 0 Å². The zero-order valence-electron chi connectivity index (χ0n) is 9.82. The number of amides is 1. The van der Waals surface area contributed by atoms with Gasteiger partial charge in [0, 0.05) is 20.1 Å². The number of aliphatic hydroxyl groups is 1. The molecule has 94 valence electrons. The highest BCUT2D eigenvalue weighted by atomic mass is 16.5. The summed E-state index contributed by atoms with van der Waals surface area (Å²) < 4.78 is 5.07. The second-order valence-corrected chi connectivity index (χ2v) is 4.13. The number of nitrogens with one attached hydrogen (secondary N) is 1. The lowest BCUT2D eigenvalue weighted by Crippen LogP contribution is -2.35. The topological polar surface area (TPSA) is 95.9 Å². The van der Waals surface area contributed by atoms with Crippen molar-refractivity contribution in [3.63, 3.8) is 0 Å². The van der Waals surface area contributed by atoms with E-state index >= 15 is 0 Å². The third kappa shape index (κ3) is 6.36. The molecule has 0 aromatic heterocycles. The molecule has 0 spiro atoms. The Hall–Kier alpha value is -1.14. The van der Waals surface area contributed by atoms with Crippen molar-refractivity contribution in [3.05, 3.63) is 0 Å². The van der Waals surface area contributed by atoms with Crippen LogP contribution in [0.25, 0.3) is 0 Å². The molecular formula is C10H19NO5. The highest BCUT2D eigenvalue weighted by Crippen LogP contribution is 2.12. The van der Waals surface area contributed by atoms with Gasteiger partial charge in [-0.1, -0.05) is 0 Å². The van der Waals surface area contributed by atoms with Crippen molar-refractivity contribution in [1.82, 2.24) is 5.32 Å². The number of carbonyl (C=O) groups excluding carboxylic acids is 1. The number of ether oxygens (including phenoxy) is 1. The van der Waals surface area contributed by atoms with Crippen molar-refractivity contribution in [1.29, 1.82) is 0 Å². The number of carbonyl (C=O) groups is 2. The molecule has 0 saturated heterocycles. The molecule has 0 aromatic carbocycles. The quantitative estimate of drug-likeness (QED) is 0.563. The maximum absolute atomic E-state index is 11.3. The molecule has 3 N–H and O–H groups in total. The summed E-state index contributed by atoms with van der Waals surface area (Å²) in [5.74, 6) is -1.52. The normalized spacial score (nSPS) is 13.2. The largest absolute Gasteiger partial charge is 0.479 e. The van der Waals surface area contributed by atoms with Gasteiger partial charge in [0.05, 0.1) is 12.0 Å². The zero-order chi connectivity index (χ0) is 12.8. The number of rotatable bonds is 7. The van der Waals surface area contributed by atoms with Gasteiger partial charge in [-0.15, -0.1) is 0 Å². The summed E-state index contributed by atoms with van der Waals surface area (Å²) in [6, 6.07) is 0. The zero-order valence-corrected chi connectivity index (χ0v) is 9.82. The molecule has 0 aromatic rings. The van der Waals surface area contributed by atoms with Crippen molar-refractivity contribution in [2.75, 3.05) is 13.7 Å². The van der Waals surface area contributed by atoms with Gasteiger partial charge < -0.3 is 20.3 Å². The summed E-state index contributed by atoms with van der Waals surface area (Å²) in [4.78, 5) is 21.6. The van der Waals surface area contributed by atoms with Crippen LogP contribution in [0.2, 0.25) is 0 Å². The average Bonchev–Trinajstić information content (AvgIpc) is 2.16. The summed E-state index contributed by atoms with van der Waals surface area (Å²) in [6.07, 6.45) is -1.25. The molecule has 0 fully saturated rings. The molecule has 1 unspecified atom stereocenters. The minimum absolute atomic E-state index is 0.00547. The van der Waals surface area contributed by atoms with Crippen molar-refractivity contribution >= 4 is 11.9 Å². The van der Waals surface area contributed by atoms with E-state index in [1.165, 1.54) is 7.11 Å². The van der Waals surface area contributed by atoms with E-state index < -0.39 is 17.7 Å². The summed E-state index contributed by atoms with van der Waals surface area (Å²) in [7, 11) is 1.52. The molecule has 6 nitrogen and oxygen atoms in total. The molecule has 16 heavy (non-hydrogen) atoms. The molecule has 0 saturated carbocycles. The predicted octanol–water partition coefficient (Wildman–Crippen LogP) is -0.247. The monoisotopic (exact) mass is 233 g/mol. The molecule has 0 heterocycles. The Morgan fingerprint density at radius 2 is 2.00 bits per heavy atom. The molecule has 0 bridgehead atoms. The SMILES string of the molecule is COC(C)(C)CC(=O)NCCC(O)C(=O)O. The number of aliphatic hydroxyl groups excluding tert-OH is 1. The summed E-state index contributed by atoms with van der Waals surface area (Å²) >= 11 is 0. The lowest BCUT2D eigenvalue weighted by atomic mass is 10.0. The fourth-order valence-corrected chi connectivity index (χ4v) is 0.993. The average molecular weight is 233 g/mol. The van der Waals surface area contributed by atoms with Crippen molar-refractivity contribution in [2.24, 2.45) is 0 Å². The Labute approximate surface area is 94.6 Å². The first kappa shape index (κ1) is 14.9. The van der Waals surface area contributed by atoms with Crippen LogP contribution in [0.15, 0.2) is 0 Å². The second-order valence-electron chi connectivity index (χ2n) is 4.13. The number of aliphatic carboxylic acids is 1. The lowest BCUT2D eigenvalue weighted by molar-refractivity contribution is -0.147. The molecule has 6 heteroatoms. The number of hydrogen-bond donors (Lipinski definition) is 3. The van der Waals surface area contributed by atoms with Crippen LogP contribution >= 0.6 is 0 Å². The van der Waals surface area contributed by atoms with Crippen LogP contribution in [0.4, 0.5) is 0 Å². The fraction of sp³-hybridized carbons (Fsp3) is 0.800. The molecule has 0 radical (unpaired) electrons. The van der Waals surface area contributed by atoms with Crippen LogP contribution in [-0.2, 0) is 14.3 Å². The smallest absolute Gasteiger partial charge is 0.332 e. The van der Waals surface area contributed by atoms with Gasteiger partial charge in [0.1, 0.15) is 0 Å². The van der Waals surface area contributed by atoms with Gasteiger partial charge in [-0.2, -0.15) is 0 Å². The summed E-state index contributed by atoms with van der Waals surface area (Å²) in [6.45, 7) is 3.68. The van der Waals surface area contributed by atoms with Crippen LogP contribution in [0.5, 0.6) is 0 Å². The Morgan fingerprint density at radius 1 is 1.44 bits per heavy atom. The van der Waals surface area contributed by atoms with E-state index in [1.54, 1.807) is 13.8 Å². The van der Waals surface area contributed by atoms with Gasteiger partial charge in [0.25, 0.3) is 0 Å². The van der Waals surface area contributed by atoms with Crippen molar-refractivity contribution in [3.8, 4) is 0 Å². The van der Waals surface area contributed by atoms with Crippen molar-refractivity contribution in [2.45, 2.75) is 38.4 Å². The standard InChI is InChI=1S/C10H19NO5/c1-10(2,16-3)6-8(13)11-5-4-7(12)9(14)15/h7,12H,4-6H2,1-3H3,(H,11,13)(H,14,15). The number of hydrogen-bond acceptors (Lipinski definition) is 4. The third-order valence-corrected chi connectivity index (χ3v) is 2.16. The first-order valence-electron chi connectivity index (χ1n) is 5.01. The number of carboxylic acids is 1. The van der Waals surface area contributed by atoms with E-state index in [9.17, 15) is 9.59 Å². The van der Waals surface area contributed by atoms with E-state index in [4.69, 9.17) is 14.9 Å². The Kier molecular flexibility index (Phi) is 5.98. The maximum atomic E-state index is 11.3. The summed E-state index contributed by atoms with van der Waals surface area (Å²) in [5, 5.41) is 19.8. The maximum Gasteiger partial charge on any atom is 0.332 e. The van der Waals surface area contributed by atoms with Gasteiger partial charge in [-0.05, 0) is 13.8 Å². The Balaban J connectivity index is 3.79. The molecule has 0 aliphatic carbocycles. The molecule has 0 aliphatic heterocycles. The van der Waals surface area contributed by atoms with Gasteiger partial charge >= 0.3 is 5.97 Å². The fourth-order valence-electron chi connectivity index (χ4n) is 0.993.